The minimum Gasteiger partial charge on any atom is -0.352 e. The van der Waals surface area contributed by atoms with Crippen LogP contribution in [-0.2, 0) is 11.3 Å². The molecule has 0 aliphatic heterocycles. The van der Waals surface area contributed by atoms with Gasteiger partial charge in [-0.15, -0.1) is 11.3 Å². The van der Waals surface area contributed by atoms with Crippen molar-refractivity contribution < 1.29 is 4.79 Å². The van der Waals surface area contributed by atoms with Crippen molar-refractivity contribution in [1.29, 1.82) is 0 Å². The maximum absolute atomic E-state index is 11.7. The molecule has 0 aromatic carbocycles. The van der Waals surface area contributed by atoms with Crippen molar-refractivity contribution in [2.24, 2.45) is 5.92 Å². The molecule has 4 heteroatoms. The van der Waals surface area contributed by atoms with Crippen molar-refractivity contribution in [2.45, 2.75) is 25.8 Å². The van der Waals surface area contributed by atoms with E-state index >= 15 is 0 Å². The molecule has 0 bridgehead atoms. The van der Waals surface area contributed by atoms with E-state index in [0.717, 1.165) is 11.1 Å². The summed E-state index contributed by atoms with van der Waals surface area (Å²) in [6.45, 7) is 0.567. The molecule has 2 heterocycles. The Kier molecular flexibility index (Phi) is 3.60. The molecule has 1 amide bonds. The van der Waals surface area contributed by atoms with Crippen LogP contribution in [-0.4, -0.2) is 10.9 Å². The summed E-state index contributed by atoms with van der Waals surface area (Å²) in [5, 5.41) is 5.02. The minimum atomic E-state index is 0.157. The second kappa shape index (κ2) is 5.53. The number of carbonyl (C=O) groups excluding carboxylic acids is 1. The molecule has 1 aliphatic rings. The molecule has 0 spiro atoms. The molecular formula is C15H16N2OS. The summed E-state index contributed by atoms with van der Waals surface area (Å²) in [7, 11) is 0. The molecule has 2 aromatic rings. The highest BCUT2D eigenvalue weighted by molar-refractivity contribution is 7.13. The Morgan fingerprint density at radius 2 is 2.32 bits per heavy atom. The molecule has 3 nitrogen and oxygen atoms in total. The Balaban J connectivity index is 1.61. The lowest BCUT2D eigenvalue weighted by molar-refractivity contribution is -0.121. The van der Waals surface area contributed by atoms with E-state index in [1.807, 2.05) is 18.5 Å². The summed E-state index contributed by atoms with van der Waals surface area (Å²) in [6.07, 6.45) is 6.78. The van der Waals surface area contributed by atoms with Crippen molar-refractivity contribution in [3.05, 3.63) is 41.5 Å². The summed E-state index contributed by atoms with van der Waals surface area (Å²) in [5.74, 6) is 0.791. The summed E-state index contributed by atoms with van der Waals surface area (Å²) >= 11 is 1.70. The molecule has 3 rings (SSSR count). The van der Waals surface area contributed by atoms with Crippen LogP contribution >= 0.6 is 11.3 Å². The highest BCUT2D eigenvalue weighted by atomic mass is 32.1. The SMILES string of the molecule is O=C(CC1CC1)NCc1cncc(-c2cccs2)c1. The minimum absolute atomic E-state index is 0.157. The quantitative estimate of drug-likeness (QED) is 0.908. The first kappa shape index (κ1) is 12.4. The van der Waals surface area contributed by atoms with Crippen molar-refractivity contribution >= 4 is 17.2 Å². The van der Waals surface area contributed by atoms with Crippen molar-refractivity contribution in [3.63, 3.8) is 0 Å². The number of carbonyl (C=O) groups is 1. The third-order valence-corrected chi connectivity index (χ3v) is 4.18. The number of aromatic nitrogens is 1. The molecule has 1 N–H and O–H groups in total. The number of hydrogen-bond acceptors (Lipinski definition) is 3. The van der Waals surface area contributed by atoms with E-state index in [-0.39, 0.29) is 5.91 Å². The van der Waals surface area contributed by atoms with Gasteiger partial charge in [0.1, 0.15) is 0 Å². The van der Waals surface area contributed by atoms with Crippen LogP contribution in [0, 0.1) is 5.92 Å². The van der Waals surface area contributed by atoms with Crippen molar-refractivity contribution in [3.8, 4) is 10.4 Å². The zero-order valence-corrected chi connectivity index (χ0v) is 11.5. The van der Waals surface area contributed by atoms with E-state index in [2.05, 4.69) is 27.8 Å². The van der Waals surface area contributed by atoms with Gasteiger partial charge in [-0.2, -0.15) is 0 Å². The fourth-order valence-corrected chi connectivity index (χ4v) is 2.73. The van der Waals surface area contributed by atoms with Gasteiger partial charge in [0.05, 0.1) is 0 Å². The average Bonchev–Trinajstić information content (AvgIpc) is 3.07. The molecular weight excluding hydrogens is 256 g/mol. The van der Waals surface area contributed by atoms with E-state index in [1.165, 1.54) is 17.7 Å². The first-order valence-corrected chi connectivity index (χ1v) is 7.44. The summed E-state index contributed by atoms with van der Waals surface area (Å²) in [4.78, 5) is 17.1. The average molecular weight is 272 g/mol. The second-order valence-corrected chi connectivity index (χ2v) is 5.93. The van der Waals surface area contributed by atoms with Gasteiger partial charge < -0.3 is 5.32 Å². The van der Waals surface area contributed by atoms with Gasteiger partial charge in [-0.3, -0.25) is 9.78 Å². The predicted octanol–water partition coefficient (Wildman–Crippen LogP) is 3.23. The zero-order valence-electron chi connectivity index (χ0n) is 10.6. The molecule has 0 atom stereocenters. The fraction of sp³-hybridized carbons (Fsp3) is 0.333. The Bertz CT molecular complexity index is 561. The lowest BCUT2D eigenvalue weighted by Gasteiger charge is -2.06. The van der Waals surface area contributed by atoms with E-state index < -0.39 is 0 Å². The molecule has 0 saturated heterocycles. The molecule has 0 unspecified atom stereocenters. The first-order valence-electron chi connectivity index (χ1n) is 6.56. The van der Waals surface area contributed by atoms with Crippen LogP contribution in [0.5, 0.6) is 0 Å². The van der Waals surface area contributed by atoms with Gasteiger partial charge >= 0.3 is 0 Å². The van der Waals surface area contributed by atoms with Gasteiger partial charge in [0.2, 0.25) is 5.91 Å². The third-order valence-electron chi connectivity index (χ3n) is 3.26. The zero-order chi connectivity index (χ0) is 13.1. The number of nitrogens with one attached hydrogen (secondary N) is 1. The van der Waals surface area contributed by atoms with Gasteiger partial charge in [0.25, 0.3) is 0 Å². The molecule has 0 radical (unpaired) electrons. The maximum Gasteiger partial charge on any atom is 0.220 e. The van der Waals surface area contributed by atoms with Crippen molar-refractivity contribution in [2.75, 3.05) is 0 Å². The molecule has 2 aromatic heterocycles. The Morgan fingerprint density at radius 3 is 3.05 bits per heavy atom. The standard InChI is InChI=1S/C15H16N2OS/c18-15(7-11-3-4-11)17-9-12-6-13(10-16-8-12)14-2-1-5-19-14/h1-2,5-6,8,10-11H,3-4,7,9H2,(H,17,18). The van der Waals surface area contributed by atoms with E-state index in [1.54, 1.807) is 11.3 Å². The first-order chi connectivity index (χ1) is 9.31. The Labute approximate surface area is 116 Å². The van der Waals surface area contributed by atoms with Gasteiger partial charge in [0.15, 0.2) is 0 Å². The van der Waals surface area contributed by atoms with Crippen LogP contribution in [0.15, 0.2) is 36.0 Å². The largest absolute Gasteiger partial charge is 0.352 e. The number of amides is 1. The van der Waals surface area contributed by atoms with Gasteiger partial charge in [0, 0.05) is 35.8 Å². The van der Waals surface area contributed by atoms with Crippen LogP contribution in [0.4, 0.5) is 0 Å². The van der Waals surface area contributed by atoms with Gasteiger partial charge in [-0.05, 0) is 41.8 Å². The molecule has 1 aliphatic carbocycles. The maximum atomic E-state index is 11.7. The molecule has 1 saturated carbocycles. The van der Waals surface area contributed by atoms with E-state index in [0.29, 0.717) is 18.9 Å². The van der Waals surface area contributed by atoms with Crippen LogP contribution in [0.25, 0.3) is 10.4 Å². The number of rotatable bonds is 5. The molecule has 1 fully saturated rings. The normalized spacial score (nSPS) is 14.3. The van der Waals surface area contributed by atoms with E-state index in [9.17, 15) is 4.79 Å². The number of nitrogens with zero attached hydrogens (tertiary/aromatic N) is 1. The molecule has 98 valence electrons. The number of thiophene rings is 1. The second-order valence-electron chi connectivity index (χ2n) is 4.98. The third kappa shape index (κ3) is 3.41. The monoisotopic (exact) mass is 272 g/mol. The summed E-state index contributed by atoms with van der Waals surface area (Å²) in [6, 6.07) is 6.21. The highest BCUT2D eigenvalue weighted by Gasteiger charge is 2.24. The Hall–Kier alpha value is -1.68. The summed E-state index contributed by atoms with van der Waals surface area (Å²) < 4.78 is 0. The van der Waals surface area contributed by atoms with Gasteiger partial charge in [-0.25, -0.2) is 0 Å². The molecule has 19 heavy (non-hydrogen) atoms. The Morgan fingerprint density at radius 1 is 1.42 bits per heavy atom. The highest BCUT2D eigenvalue weighted by Crippen LogP contribution is 2.32. The van der Waals surface area contributed by atoms with Crippen LogP contribution in [0.1, 0.15) is 24.8 Å². The smallest absolute Gasteiger partial charge is 0.220 e. The summed E-state index contributed by atoms with van der Waals surface area (Å²) in [5.41, 5.74) is 2.17. The van der Waals surface area contributed by atoms with Crippen molar-refractivity contribution in [1.82, 2.24) is 10.3 Å². The lowest BCUT2D eigenvalue weighted by Crippen LogP contribution is -2.22. The fourth-order valence-electron chi connectivity index (χ4n) is 2.02. The lowest BCUT2D eigenvalue weighted by atomic mass is 10.2. The van der Waals surface area contributed by atoms with Crippen LogP contribution < -0.4 is 5.32 Å². The predicted molar refractivity (Wildman–Crippen MR) is 76.7 cm³/mol. The number of pyridine rings is 1. The van der Waals surface area contributed by atoms with Crippen LogP contribution in [0.3, 0.4) is 0 Å². The van der Waals surface area contributed by atoms with E-state index in [4.69, 9.17) is 0 Å². The van der Waals surface area contributed by atoms with Gasteiger partial charge in [-0.1, -0.05) is 6.07 Å². The topological polar surface area (TPSA) is 42.0 Å². The van der Waals surface area contributed by atoms with Crippen LogP contribution in [0.2, 0.25) is 0 Å². The number of hydrogen-bond donors (Lipinski definition) is 1.